The molecule has 6 nitrogen and oxygen atoms in total. The Hall–Kier alpha value is -4.59. The number of nitrogens with zero attached hydrogens (tertiary/aromatic N) is 1. The quantitative estimate of drug-likeness (QED) is 0.163. The van der Waals surface area contributed by atoms with Crippen LogP contribution in [0, 0.1) is 0 Å². The summed E-state index contributed by atoms with van der Waals surface area (Å²) in [5.74, 6) is -0.171. The van der Waals surface area contributed by atoms with Gasteiger partial charge in [0, 0.05) is 42.9 Å². The van der Waals surface area contributed by atoms with E-state index in [0.29, 0.717) is 24.2 Å². The van der Waals surface area contributed by atoms with Crippen LogP contribution in [0.4, 0.5) is 5.69 Å². The predicted molar refractivity (Wildman–Crippen MR) is 176 cm³/mol. The van der Waals surface area contributed by atoms with Crippen LogP contribution in [0.1, 0.15) is 57.0 Å². The molecule has 228 valence electrons. The molecule has 1 aliphatic heterocycles. The first-order valence-electron chi connectivity index (χ1n) is 15.4. The standard InChI is InChI=1S/C39H38N2O4/c42-28-31-19-21-32(22-20-31)37-24-36(27-41(25-29-11-4-1-5-12-29)26-30-13-6-2-7-14-30)44-39(45-37)34-17-10-18-35(23-34)40-38(43)33-15-8-3-9-16-33/h1-23,36-37,39,42H,24-28H2,(H,40,43)/t36-,37+,39+/m1/s1. The third kappa shape index (κ3) is 8.32. The zero-order chi connectivity index (χ0) is 30.8. The molecule has 6 rings (SSSR count). The lowest BCUT2D eigenvalue weighted by Gasteiger charge is -2.38. The highest BCUT2D eigenvalue weighted by molar-refractivity contribution is 6.04. The number of amides is 1. The monoisotopic (exact) mass is 598 g/mol. The molecule has 0 aromatic heterocycles. The number of hydrogen-bond donors (Lipinski definition) is 2. The maximum atomic E-state index is 12.9. The zero-order valence-electron chi connectivity index (χ0n) is 25.2. The van der Waals surface area contributed by atoms with E-state index >= 15 is 0 Å². The van der Waals surface area contributed by atoms with Gasteiger partial charge >= 0.3 is 0 Å². The molecule has 1 heterocycles. The van der Waals surface area contributed by atoms with Crippen molar-refractivity contribution in [1.29, 1.82) is 0 Å². The normalized spacial score (nSPS) is 18.0. The van der Waals surface area contributed by atoms with Gasteiger partial charge in [-0.1, -0.05) is 115 Å². The molecule has 0 saturated carbocycles. The van der Waals surface area contributed by atoms with Crippen molar-refractivity contribution in [3.63, 3.8) is 0 Å². The Balaban J connectivity index is 1.25. The van der Waals surface area contributed by atoms with Gasteiger partial charge in [0.15, 0.2) is 6.29 Å². The second-order valence-corrected chi connectivity index (χ2v) is 11.4. The largest absolute Gasteiger partial charge is 0.392 e. The van der Waals surface area contributed by atoms with E-state index in [-0.39, 0.29) is 24.7 Å². The lowest BCUT2D eigenvalue weighted by molar-refractivity contribution is -0.253. The van der Waals surface area contributed by atoms with E-state index in [2.05, 4.69) is 58.7 Å². The first kappa shape index (κ1) is 30.4. The van der Waals surface area contributed by atoms with E-state index < -0.39 is 6.29 Å². The van der Waals surface area contributed by atoms with Gasteiger partial charge in [-0.25, -0.2) is 0 Å². The van der Waals surface area contributed by atoms with E-state index in [1.807, 2.05) is 78.9 Å². The van der Waals surface area contributed by atoms with Gasteiger partial charge in [0.25, 0.3) is 5.91 Å². The Morgan fingerprint density at radius 2 is 1.31 bits per heavy atom. The fourth-order valence-electron chi connectivity index (χ4n) is 5.75. The third-order valence-corrected chi connectivity index (χ3v) is 8.03. The van der Waals surface area contributed by atoms with Gasteiger partial charge in [0.1, 0.15) is 0 Å². The number of aliphatic hydroxyl groups is 1. The van der Waals surface area contributed by atoms with Gasteiger partial charge in [-0.05, 0) is 46.5 Å². The Morgan fingerprint density at radius 1 is 0.689 bits per heavy atom. The average molecular weight is 599 g/mol. The molecule has 6 heteroatoms. The summed E-state index contributed by atoms with van der Waals surface area (Å²) in [6, 6.07) is 45.8. The minimum absolute atomic E-state index is 0.00437. The topological polar surface area (TPSA) is 71.0 Å². The summed E-state index contributed by atoms with van der Waals surface area (Å²) < 4.78 is 13.3. The highest BCUT2D eigenvalue weighted by Crippen LogP contribution is 2.39. The summed E-state index contributed by atoms with van der Waals surface area (Å²) in [5, 5.41) is 12.6. The van der Waals surface area contributed by atoms with Gasteiger partial charge in [0.05, 0.1) is 18.8 Å². The molecule has 1 fully saturated rings. The molecule has 1 amide bonds. The second-order valence-electron chi connectivity index (χ2n) is 11.4. The van der Waals surface area contributed by atoms with Crippen molar-refractivity contribution in [3.05, 3.63) is 173 Å². The summed E-state index contributed by atoms with van der Waals surface area (Å²) in [6.45, 7) is 2.28. The van der Waals surface area contributed by atoms with Crippen LogP contribution in [-0.4, -0.2) is 28.6 Å². The van der Waals surface area contributed by atoms with Gasteiger partial charge in [-0.3, -0.25) is 9.69 Å². The van der Waals surface area contributed by atoms with Crippen molar-refractivity contribution >= 4 is 11.6 Å². The predicted octanol–water partition coefficient (Wildman–Crippen LogP) is 7.68. The van der Waals surface area contributed by atoms with Crippen molar-refractivity contribution in [2.24, 2.45) is 0 Å². The lowest BCUT2D eigenvalue weighted by atomic mass is 9.99. The number of carbonyl (C=O) groups excluding carboxylic acids is 1. The Kier molecular flexibility index (Phi) is 10.1. The van der Waals surface area contributed by atoms with Crippen molar-refractivity contribution in [2.75, 3.05) is 11.9 Å². The Morgan fingerprint density at radius 3 is 1.93 bits per heavy atom. The van der Waals surface area contributed by atoms with E-state index in [1.165, 1.54) is 11.1 Å². The number of anilines is 1. The van der Waals surface area contributed by atoms with Gasteiger partial charge in [-0.2, -0.15) is 0 Å². The van der Waals surface area contributed by atoms with Crippen molar-refractivity contribution in [1.82, 2.24) is 4.90 Å². The average Bonchev–Trinajstić information content (AvgIpc) is 3.09. The number of hydrogen-bond acceptors (Lipinski definition) is 5. The minimum atomic E-state index is -0.629. The van der Waals surface area contributed by atoms with Crippen LogP contribution in [-0.2, 0) is 29.2 Å². The van der Waals surface area contributed by atoms with Crippen LogP contribution in [0.15, 0.2) is 140 Å². The fourth-order valence-corrected chi connectivity index (χ4v) is 5.75. The molecule has 0 bridgehead atoms. The summed E-state index contributed by atoms with van der Waals surface area (Å²) >= 11 is 0. The summed E-state index contributed by atoms with van der Waals surface area (Å²) in [4.78, 5) is 15.3. The summed E-state index contributed by atoms with van der Waals surface area (Å²) in [5.41, 5.74) is 6.49. The number of ether oxygens (including phenoxy) is 2. The maximum absolute atomic E-state index is 12.9. The highest BCUT2D eigenvalue weighted by Gasteiger charge is 2.33. The maximum Gasteiger partial charge on any atom is 0.255 e. The number of carbonyl (C=O) groups is 1. The van der Waals surface area contributed by atoms with E-state index in [0.717, 1.165) is 29.8 Å². The molecule has 5 aromatic rings. The first-order chi connectivity index (χ1) is 22.1. The number of aliphatic hydroxyl groups excluding tert-OH is 1. The fraction of sp³-hybridized carbons (Fsp3) is 0.205. The number of nitrogens with one attached hydrogen (secondary N) is 1. The van der Waals surface area contributed by atoms with Crippen LogP contribution >= 0.6 is 0 Å². The van der Waals surface area contributed by atoms with Crippen LogP contribution in [0.2, 0.25) is 0 Å². The minimum Gasteiger partial charge on any atom is -0.392 e. The van der Waals surface area contributed by atoms with Crippen molar-refractivity contribution < 1.29 is 19.4 Å². The van der Waals surface area contributed by atoms with Crippen molar-refractivity contribution in [2.45, 2.75) is 44.6 Å². The molecule has 0 unspecified atom stereocenters. The lowest BCUT2D eigenvalue weighted by Crippen LogP contribution is -2.39. The second kappa shape index (κ2) is 14.9. The molecule has 2 N–H and O–H groups in total. The summed E-state index contributed by atoms with van der Waals surface area (Å²) in [6.07, 6.45) is -0.282. The molecule has 0 radical (unpaired) electrons. The van der Waals surface area contributed by atoms with Gasteiger partial charge in [-0.15, -0.1) is 0 Å². The molecular formula is C39H38N2O4. The summed E-state index contributed by atoms with van der Waals surface area (Å²) in [7, 11) is 0. The van der Waals surface area contributed by atoms with Crippen LogP contribution in [0.5, 0.6) is 0 Å². The molecule has 3 atom stereocenters. The van der Waals surface area contributed by atoms with Crippen LogP contribution in [0.3, 0.4) is 0 Å². The molecule has 1 aliphatic rings. The van der Waals surface area contributed by atoms with E-state index in [9.17, 15) is 9.90 Å². The smallest absolute Gasteiger partial charge is 0.255 e. The molecule has 0 aliphatic carbocycles. The van der Waals surface area contributed by atoms with E-state index in [4.69, 9.17) is 9.47 Å². The van der Waals surface area contributed by atoms with Crippen LogP contribution in [0.25, 0.3) is 0 Å². The van der Waals surface area contributed by atoms with Gasteiger partial charge < -0.3 is 19.9 Å². The molecule has 5 aromatic carbocycles. The molecule has 45 heavy (non-hydrogen) atoms. The number of benzene rings is 5. The van der Waals surface area contributed by atoms with Crippen molar-refractivity contribution in [3.8, 4) is 0 Å². The zero-order valence-corrected chi connectivity index (χ0v) is 25.2. The molecular weight excluding hydrogens is 560 g/mol. The first-order valence-corrected chi connectivity index (χ1v) is 15.4. The molecule has 0 spiro atoms. The molecule has 1 saturated heterocycles. The van der Waals surface area contributed by atoms with E-state index in [1.54, 1.807) is 12.1 Å². The third-order valence-electron chi connectivity index (χ3n) is 8.03. The SMILES string of the molecule is O=C(Nc1cccc([C@H]2O[C@@H](CN(Cc3ccccc3)Cc3ccccc3)C[C@@H](c3ccc(CO)cc3)O2)c1)c1ccccc1. The Bertz CT molecular complexity index is 1600. The van der Waals surface area contributed by atoms with Gasteiger partial charge in [0.2, 0.25) is 0 Å². The van der Waals surface area contributed by atoms with Crippen LogP contribution < -0.4 is 5.32 Å². The highest BCUT2D eigenvalue weighted by atomic mass is 16.7. The number of rotatable bonds is 11. The Labute approximate surface area is 264 Å².